The minimum absolute atomic E-state index is 0. The van der Waals surface area contributed by atoms with E-state index in [-0.39, 0.29) is 30.0 Å². The fourth-order valence-corrected chi connectivity index (χ4v) is 2.09. The first-order valence-corrected chi connectivity index (χ1v) is 6.17. The molecule has 0 bridgehead atoms. The second-order valence-corrected chi connectivity index (χ2v) is 4.46. The van der Waals surface area contributed by atoms with Gasteiger partial charge in [-0.1, -0.05) is 12.1 Å². The quantitative estimate of drug-likeness (QED) is 0.758. The lowest BCUT2D eigenvalue weighted by Crippen LogP contribution is -2.30. The maximum absolute atomic E-state index is 12.0. The number of nitrogens with one attached hydrogen (secondary N) is 1. The summed E-state index contributed by atoms with van der Waals surface area (Å²) in [5, 5.41) is 2.67. The van der Waals surface area contributed by atoms with Crippen LogP contribution in [0.3, 0.4) is 0 Å². The summed E-state index contributed by atoms with van der Waals surface area (Å²) in [4.78, 5) is 23.3. The molecular formula is C13H18ClN3O3. The van der Waals surface area contributed by atoms with Crippen molar-refractivity contribution in [3.05, 3.63) is 29.8 Å². The number of carbonyl (C=O) groups is 2. The third kappa shape index (κ3) is 3.69. The molecule has 0 saturated carbocycles. The molecule has 0 aliphatic carbocycles. The molecule has 1 heterocycles. The van der Waals surface area contributed by atoms with Gasteiger partial charge < -0.3 is 21.5 Å². The first-order valence-electron chi connectivity index (χ1n) is 6.17. The number of para-hydroxylation sites is 1. The van der Waals surface area contributed by atoms with Crippen molar-refractivity contribution in [1.29, 1.82) is 0 Å². The van der Waals surface area contributed by atoms with E-state index in [1.807, 2.05) is 0 Å². The van der Waals surface area contributed by atoms with Gasteiger partial charge in [0, 0.05) is 6.54 Å². The Balaban J connectivity index is 0.00000200. The summed E-state index contributed by atoms with van der Waals surface area (Å²) < 4.78 is 5.49. The highest BCUT2D eigenvalue weighted by Gasteiger charge is 2.30. The molecule has 0 radical (unpaired) electrons. The van der Waals surface area contributed by atoms with Crippen LogP contribution < -0.4 is 16.8 Å². The molecule has 0 spiro atoms. The van der Waals surface area contributed by atoms with E-state index >= 15 is 0 Å². The van der Waals surface area contributed by atoms with Gasteiger partial charge in [0.05, 0.1) is 17.4 Å². The zero-order chi connectivity index (χ0) is 13.8. The van der Waals surface area contributed by atoms with Crippen LogP contribution in [0.4, 0.5) is 5.69 Å². The lowest BCUT2D eigenvalue weighted by atomic mass is 10.1. The fourth-order valence-electron chi connectivity index (χ4n) is 2.09. The molecule has 20 heavy (non-hydrogen) atoms. The molecule has 110 valence electrons. The van der Waals surface area contributed by atoms with Gasteiger partial charge in [0.25, 0.3) is 11.8 Å². The van der Waals surface area contributed by atoms with Gasteiger partial charge in [0.15, 0.2) is 0 Å². The average molecular weight is 300 g/mol. The van der Waals surface area contributed by atoms with E-state index in [9.17, 15) is 9.59 Å². The molecule has 5 N–H and O–H groups in total. The Morgan fingerprint density at radius 1 is 1.30 bits per heavy atom. The molecule has 0 aromatic heterocycles. The number of hydrogen-bond donors (Lipinski definition) is 3. The predicted molar refractivity (Wildman–Crippen MR) is 77.8 cm³/mol. The van der Waals surface area contributed by atoms with E-state index in [1.165, 1.54) is 0 Å². The molecule has 1 aromatic carbocycles. The van der Waals surface area contributed by atoms with Gasteiger partial charge >= 0.3 is 0 Å². The second kappa shape index (κ2) is 7.23. The van der Waals surface area contributed by atoms with Crippen molar-refractivity contribution in [3.63, 3.8) is 0 Å². The van der Waals surface area contributed by atoms with Crippen molar-refractivity contribution >= 4 is 29.9 Å². The Bertz CT molecular complexity index is 496. The second-order valence-electron chi connectivity index (χ2n) is 4.46. The number of amides is 2. The molecule has 0 unspecified atom stereocenters. The van der Waals surface area contributed by atoms with Crippen LogP contribution in [-0.2, 0) is 9.53 Å². The van der Waals surface area contributed by atoms with Crippen LogP contribution in [0.25, 0.3) is 0 Å². The monoisotopic (exact) mass is 299 g/mol. The van der Waals surface area contributed by atoms with Crippen LogP contribution in [0.1, 0.15) is 23.2 Å². The number of hydrogen-bond acceptors (Lipinski definition) is 4. The molecule has 1 saturated heterocycles. The average Bonchev–Trinajstić information content (AvgIpc) is 2.88. The third-order valence-corrected chi connectivity index (χ3v) is 3.11. The van der Waals surface area contributed by atoms with Crippen LogP contribution in [0, 0.1) is 0 Å². The maximum atomic E-state index is 12.0. The van der Waals surface area contributed by atoms with Crippen molar-refractivity contribution in [2.24, 2.45) is 11.5 Å². The van der Waals surface area contributed by atoms with Gasteiger partial charge in [-0.3, -0.25) is 9.59 Å². The topological polar surface area (TPSA) is 107 Å². The Morgan fingerprint density at radius 3 is 2.60 bits per heavy atom. The van der Waals surface area contributed by atoms with Crippen molar-refractivity contribution in [2.45, 2.75) is 25.0 Å². The standard InChI is InChI=1S/C13H17N3O3.ClH/c14-7-8-5-6-11(19-8)13(18)16-10-4-2-1-3-9(10)12(15)17;/h1-4,8,11H,5-7,14H2,(H2,15,17)(H,16,18);1H/t8-,11+;/m1./s1. The lowest BCUT2D eigenvalue weighted by molar-refractivity contribution is -0.126. The summed E-state index contributed by atoms with van der Waals surface area (Å²) in [5.74, 6) is -0.854. The Hall–Kier alpha value is -1.63. The number of nitrogens with two attached hydrogens (primary N) is 2. The van der Waals surface area contributed by atoms with Crippen molar-refractivity contribution in [2.75, 3.05) is 11.9 Å². The highest BCUT2D eigenvalue weighted by atomic mass is 35.5. The molecular weight excluding hydrogens is 282 g/mol. The fraction of sp³-hybridized carbons (Fsp3) is 0.385. The summed E-state index contributed by atoms with van der Waals surface area (Å²) in [5.41, 5.74) is 11.4. The summed E-state index contributed by atoms with van der Waals surface area (Å²) in [6.07, 6.45) is 0.815. The minimum Gasteiger partial charge on any atom is -0.366 e. The highest BCUT2D eigenvalue weighted by Crippen LogP contribution is 2.21. The summed E-state index contributed by atoms with van der Waals surface area (Å²) in [6.45, 7) is 0.404. The minimum atomic E-state index is -0.580. The van der Waals surface area contributed by atoms with E-state index in [4.69, 9.17) is 16.2 Å². The molecule has 1 aliphatic rings. The summed E-state index contributed by atoms with van der Waals surface area (Å²) in [7, 11) is 0. The molecule has 2 amide bonds. The van der Waals surface area contributed by atoms with E-state index in [0.717, 1.165) is 6.42 Å². The lowest BCUT2D eigenvalue weighted by Gasteiger charge is -2.14. The Labute approximate surface area is 123 Å². The number of benzene rings is 1. The SMILES string of the molecule is Cl.NC[C@H]1CC[C@@H](C(=O)Nc2ccccc2C(N)=O)O1. The van der Waals surface area contributed by atoms with Crippen molar-refractivity contribution in [3.8, 4) is 0 Å². The Morgan fingerprint density at radius 2 is 2.00 bits per heavy atom. The molecule has 2 rings (SSSR count). The molecule has 1 fully saturated rings. The van der Waals surface area contributed by atoms with Crippen LogP contribution in [0.15, 0.2) is 24.3 Å². The molecule has 1 aliphatic heterocycles. The molecule has 7 heteroatoms. The summed E-state index contributed by atoms with van der Waals surface area (Å²) >= 11 is 0. The summed E-state index contributed by atoms with van der Waals surface area (Å²) in [6, 6.07) is 6.61. The van der Waals surface area contributed by atoms with Crippen molar-refractivity contribution < 1.29 is 14.3 Å². The van der Waals surface area contributed by atoms with Crippen LogP contribution in [0.5, 0.6) is 0 Å². The van der Waals surface area contributed by atoms with E-state index in [1.54, 1.807) is 24.3 Å². The normalized spacial score (nSPS) is 21.1. The van der Waals surface area contributed by atoms with Gasteiger partial charge in [-0.25, -0.2) is 0 Å². The van der Waals surface area contributed by atoms with E-state index in [2.05, 4.69) is 5.32 Å². The van der Waals surface area contributed by atoms with Crippen LogP contribution in [0.2, 0.25) is 0 Å². The number of carbonyl (C=O) groups excluding carboxylic acids is 2. The zero-order valence-corrected chi connectivity index (χ0v) is 11.7. The number of primary amides is 1. The Kier molecular flexibility index (Phi) is 5.94. The van der Waals surface area contributed by atoms with Gasteiger partial charge in [-0.05, 0) is 25.0 Å². The van der Waals surface area contributed by atoms with Gasteiger partial charge in [0.2, 0.25) is 0 Å². The third-order valence-electron chi connectivity index (χ3n) is 3.11. The number of anilines is 1. The van der Waals surface area contributed by atoms with E-state index < -0.39 is 12.0 Å². The first kappa shape index (κ1) is 16.4. The van der Waals surface area contributed by atoms with Gasteiger partial charge in [-0.2, -0.15) is 0 Å². The van der Waals surface area contributed by atoms with Crippen molar-refractivity contribution in [1.82, 2.24) is 0 Å². The van der Waals surface area contributed by atoms with E-state index in [0.29, 0.717) is 18.7 Å². The first-order chi connectivity index (χ1) is 9.11. The number of ether oxygens (including phenoxy) is 1. The number of rotatable bonds is 4. The van der Waals surface area contributed by atoms with Gasteiger partial charge in [-0.15, -0.1) is 12.4 Å². The van der Waals surface area contributed by atoms with Crippen LogP contribution >= 0.6 is 12.4 Å². The van der Waals surface area contributed by atoms with Gasteiger partial charge in [0.1, 0.15) is 6.10 Å². The smallest absolute Gasteiger partial charge is 0.253 e. The molecule has 2 atom stereocenters. The largest absolute Gasteiger partial charge is 0.366 e. The number of halogens is 1. The molecule has 6 nitrogen and oxygen atoms in total. The van der Waals surface area contributed by atoms with Crippen LogP contribution in [-0.4, -0.2) is 30.6 Å². The zero-order valence-electron chi connectivity index (χ0n) is 10.9. The molecule has 1 aromatic rings. The highest BCUT2D eigenvalue weighted by molar-refractivity contribution is 6.04. The maximum Gasteiger partial charge on any atom is 0.253 e. The predicted octanol–water partition coefficient (Wildman–Crippen LogP) is 0.652.